The van der Waals surface area contributed by atoms with Gasteiger partial charge in [-0.2, -0.15) is 0 Å². The highest BCUT2D eigenvalue weighted by molar-refractivity contribution is 6.21. The number of benzene rings is 1. The van der Waals surface area contributed by atoms with Gasteiger partial charge in [-0.3, -0.25) is 19.5 Å². The Morgan fingerprint density at radius 1 is 1.24 bits per heavy atom. The van der Waals surface area contributed by atoms with E-state index in [1.165, 1.54) is 4.90 Å². The Labute approximate surface area is 124 Å². The number of guanidine groups is 1. The van der Waals surface area contributed by atoms with Gasteiger partial charge in [-0.25, -0.2) is 0 Å². The molecule has 2 amide bonds. The summed E-state index contributed by atoms with van der Waals surface area (Å²) in [7, 11) is 0. The van der Waals surface area contributed by atoms with Crippen LogP contribution in [0.25, 0.3) is 0 Å². The molecule has 0 unspecified atom stereocenters. The predicted molar refractivity (Wildman–Crippen MR) is 81.2 cm³/mol. The van der Waals surface area contributed by atoms with Crippen LogP contribution in [0.15, 0.2) is 29.3 Å². The standard InChI is InChI=1S/C15H20N4O2/c1-2-3-8-17-15(16)18-9-10-19-13(20)11-6-4-5-7-12(11)14(19)21/h4-7H,2-3,8-10H2,1H3,(H3,16,17,18). The van der Waals surface area contributed by atoms with E-state index in [1.807, 2.05) is 0 Å². The first-order chi connectivity index (χ1) is 10.1. The van der Waals surface area contributed by atoms with Crippen LogP contribution in [0.3, 0.4) is 0 Å². The maximum atomic E-state index is 12.1. The number of nitrogens with two attached hydrogens (primary N) is 1. The zero-order valence-electron chi connectivity index (χ0n) is 12.1. The molecule has 2 rings (SSSR count). The minimum Gasteiger partial charge on any atom is -0.370 e. The summed E-state index contributed by atoms with van der Waals surface area (Å²) in [5.74, 6) is -0.155. The van der Waals surface area contributed by atoms with Crippen LogP contribution >= 0.6 is 0 Å². The lowest BCUT2D eigenvalue weighted by molar-refractivity contribution is 0.0657. The van der Waals surface area contributed by atoms with Crippen molar-refractivity contribution < 1.29 is 9.59 Å². The summed E-state index contributed by atoms with van der Waals surface area (Å²) >= 11 is 0. The minimum absolute atomic E-state index is 0.251. The van der Waals surface area contributed by atoms with Crippen molar-refractivity contribution >= 4 is 17.8 Å². The lowest BCUT2D eigenvalue weighted by atomic mass is 10.1. The summed E-state index contributed by atoms with van der Waals surface area (Å²) in [6.45, 7) is 3.44. The molecule has 0 atom stereocenters. The third-order valence-electron chi connectivity index (χ3n) is 3.31. The van der Waals surface area contributed by atoms with Gasteiger partial charge in [-0.1, -0.05) is 25.5 Å². The van der Waals surface area contributed by atoms with Gasteiger partial charge in [-0.05, 0) is 18.6 Å². The van der Waals surface area contributed by atoms with Crippen molar-refractivity contribution in [1.29, 1.82) is 0 Å². The van der Waals surface area contributed by atoms with Crippen LogP contribution in [0.4, 0.5) is 0 Å². The molecule has 6 nitrogen and oxygen atoms in total. The van der Waals surface area contributed by atoms with E-state index >= 15 is 0 Å². The number of aliphatic imine (C=N–C) groups is 1. The molecular weight excluding hydrogens is 268 g/mol. The second-order valence-corrected chi connectivity index (χ2v) is 4.85. The number of carbonyl (C=O) groups is 2. The summed E-state index contributed by atoms with van der Waals surface area (Å²) in [6, 6.07) is 6.85. The highest BCUT2D eigenvalue weighted by atomic mass is 16.2. The van der Waals surface area contributed by atoms with E-state index in [2.05, 4.69) is 17.2 Å². The molecule has 0 saturated carbocycles. The van der Waals surface area contributed by atoms with Crippen LogP contribution in [-0.4, -0.2) is 42.3 Å². The topological polar surface area (TPSA) is 87.8 Å². The van der Waals surface area contributed by atoms with Crippen molar-refractivity contribution in [3.8, 4) is 0 Å². The van der Waals surface area contributed by atoms with E-state index in [4.69, 9.17) is 5.73 Å². The number of amides is 2. The van der Waals surface area contributed by atoms with Crippen molar-refractivity contribution in [2.45, 2.75) is 19.8 Å². The SMILES string of the molecule is CCCCN=C(N)NCCN1C(=O)c2ccccc2C1=O. The van der Waals surface area contributed by atoms with Gasteiger partial charge in [-0.15, -0.1) is 0 Å². The Kier molecular flexibility index (Phi) is 4.92. The summed E-state index contributed by atoms with van der Waals surface area (Å²) in [6.07, 6.45) is 2.05. The highest BCUT2D eigenvalue weighted by Gasteiger charge is 2.34. The van der Waals surface area contributed by atoms with Crippen LogP contribution in [0.1, 0.15) is 40.5 Å². The Hall–Kier alpha value is -2.37. The van der Waals surface area contributed by atoms with Crippen molar-refractivity contribution in [2.24, 2.45) is 10.7 Å². The lowest BCUT2D eigenvalue weighted by Crippen LogP contribution is -2.40. The quantitative estimate of drug-likeness (QED) is 0.353. The molecule has 0 radical (unpaired) electrons. The average molecular weight is 288 g/mol. The largest absolute Gasteiger partial charge is 0.370 e. The summed E-state index contributed by atoms with van der Waals surface area (Å²) in [5.41, 5.74) is 6.63. The summed E-state index contributed by atoms with van der Waals surface area (Å²) in [4.78, 5) is 29.6. The number of nitrogens with one attached hydrogen (secondary N) is 1. The molecule has 3 N–H and O–H groups in total. The number of hydrogen-bond acceptors (Lipinski definition) is 3. The number of nitrogens with zero attached hydrogens (tertiary/aromatic N) is 2. The van der Waals surface area contributed by atoms with E-state index < -0.39 is 0 Å². The van der Waals surface area contributed by atoms with Gasteiger partial charge in [0.05, 0.1) is 11.1 Å². The average Bonchev–Trinajstić information content (AvgIpc) is 2.73. The van der Waals surface area contributed by atoms with E-state index in [-0.39, 0.29) is 18.4 Å². The molecule has 0 aliphatic carbocycles. The first-order valence-corrected chi connectivity index (χ1v) is 7.14. The number of imide groups is 1. The molecule has 6 heteroatoms. The van der Waals surface area contributed by atoms with E-state index in [0.29, 0.717) is 30.2 Å². The van der Waals surface area contributed by atoms with Crippen molar-refractivity contribution in [2.75, 3.05) is 19.6 Å². The molecule has 0 fully saturated rings. The fourth-order valence-electron chi connectivity index (χ4n) is 2.15. The maximum absolute atomic E-state index is 12.1. The van der Waals surface area contributed by atoms with Crippen LogP contribution in [0, 0.1) is 0 Å². The van der Waals surface area contributed by atoms with Crippen LogP contribution < -0.4 is 11.1 Å². The monoisotopic (exact) mass is 288 g/mol. The molecule has 0 spiro atoms. The maximum Gasteiger partial charge on any atom is 0.261 e. The number of unbranched alkanes of at least 4 members (excludes halogenated alkanes) is 1. The van der Waals surface area contributed by atoms with Crippen molar-refractivity contribution in [3.63, 3.8) is 0 Å². The fourth-order valence-corrected chi connectivity index (χ4v) is 2.15. The first-order valence-electron chi connectivity index (χ1n) is 7.14. The predicted octanol–water partition coefficient (Wildman–Crippen LogP) is 0.987. The van der Waals surface area contributed by atoms with Gasteiger partial charge in [0.2, 0.25) is 0 Å². The Bertz CT molecular complexity index is 534. The number of carbonyl (C=O) groups excluding carboxylic acids is 2. The summed E-state index contributed by atoms with van der Waals surface area (Å²) in [5, 5.41) is 2.92. The molecule has 21 heavy (non-hydrogen) atoms. The van der Waals surface area contributed by atoms with Gasteiger partial charge in [0.15, 0.2) is 5.96 Å². The molecule has 0 saturated heterocycles. The van der Waals surface area contributed by atoms with Gasteiger partial charge in [0, 0.05) is 19.6 Å². The van der Waals surface area contributed by atoms with Gasteiger partial charge >= 0.3 is 0 Å². The summed E-state index contributed by atoms with van der Waals surface area (Å²) < 4.78 is 0. The Morgan fingerprint density at radius 2 is 1.86 bits per heavy atom. The normalized spacial score (nSPS) is 14.5. The number of hydrogen-bond donors (Lipinski definition) is 2. The highest BCUT2D eigenvalue weighted by Crippen LogP contribution is 2.21. The van der Waals surface area contributed by atoms with Crippen LogP contribution in [0.2, 0.25) is 0 Å². The molecule has 0 bridgehead atoms. The fraction of sp³-hybridized carbons (Fsp3) is 0.400. The second kappa shape index (κ2) is 6.88. The molecule has 1 aliphatic rings. The van der Waals surface area contributed by atoms with Crippen molar-refractivity contribution in [1.82, 2.24) is 10.2 Å². The lowest BCUT2D eigenvalue weighted by Gasteiger charge is -2.14. The molecular formula is C15H20N4O2. The molecule has 0 aromatic heterocycles. The Balaban J connectivity index is 1.87. The van der Waals surface area contributed by atoms with Crippen molar-refractivity contribution in [3.05, 3.63) is 35.4 Å². The van der Waals surface area contributed by atoms with E-state index in [9.17, 15) is 9.59 Å². The van der Waals surface area contributed by atoms with Gasteiger partial charge in [0.1, 0.15) is 0 Å². The third-order valence-corrected chi connectivity index (χ3v) is 3.31. The molecule has 1 aliphatic heterocycles. The molecule has 1 heterocycles. The van der Waals surface area contributed by atoms with Gasteiger partial charge in [0.25, 0.3) is 11.8 Å². The Morgan fingerprint density at radius 3 is 2.43 bits per heavy atom. The van der Waals surface area contributed by atoms with E-state index in [1.54, 1.807) is 24.3 Å². The number of fused-ring (bicyclic) bond motifs is 1. The smallest absolute Gasteiger partial charge is 0.261 e. The molecule has 1 aromatic carbocycles. The van der Waals surface area contributed by atoms with Gasteiger partial charge < -0.3 is 11.1 Å². The third kappa shape index (κ3) is 3.39. The zero-order valence-corrected chi connectivity index (χ0v) is 12.1. The zero-order chi connectivity index (χ0) is 15.2. The van der Waals surface area contributed by atoms with E-state index in [0.717, 1.165) is 12.8 Å². The second-order valence-electron chi connectivity index (χ2n) is 4.85. The first kappa shape index (κ1) is 15.0. The minimum atomic E-state index is -0.251. The van der Waals surface area contributed by atoms with Crippen LogP contribution in [-0.2, 0) is 0 Å². The number of rotatable bonds is 6. The molecule has 1 aromatic rings. The molecule has 112 valence electrons. The van der Waals surface area contributed by atoms with Crippen LogP contribution in [0.5, 0.6) is 0 Å².